The molecule has 6 nitrogen and oxygen atoms in total. The van der Waals surface area contributed by atoms with Crippen LogP contribution in [0.2, 0.25) is 5.02 Å². The Morgan fingerprint density at radius 3 is 2.70 bits per heavy atom. The molecule has 0 saturated heterocycles. The van der Waals surface area contributed by atoms with Crippen LogP contribution in [-0.2, 0) is 6.42 Å². The van der Waals surface area contributed by atoms with E-state index in [1.54, 1.807) is 36.5 Å². The number of benzene rings is 2. The van der Waals surface area contributed by atoms with E-state index in [1.807, 2.05) is 12.1 Å². The second-order valence-electron chi connectivity index (χ2n) is 7.54. The Morgan fingerprint density at radius 1 is 1.15 bits per heavy atom. The molecule has 0 radical (unpaired) electrons. The first-order chi connectivity index (χ1) is 15.8. The number of halogens is 4. The summed E-state index contributed by atoms with van der Waals surface area (Å²) in [6.07, 6.45) is -0.708. The lowest BCUT2D eigenvalue weighted by atomic mass is 10.0. The molecule has 0 saturated carbocycles. The maximum Gasteiger partial charge on any atom is 0.405 e. The Kier molecular flexibility index (Phi) is 5.20. The summed E-state index contributed by atoms with van der Waals surface area (Å²) in [6, 6.07) is 12.1. The van der Waals surface area contributed by atoms with Crippen LogP contribution in [0.25, 0.3) is 27.7 Å². The molecule has 0 aliphatic carbocycles. The molecule has 168 valence electrons. The molecule has 1 N–H and O–H groups in total. The van der Waals surface area contributed by atoms with Crippen molar-refractivity contribution >= 4 is 28.5 Å². The minimum atomic E-state index is -4.43. The van der Waals surface area contributed by atoms with Gasteiger partial charge in [0.05, 0.1) is 17.7 Å². The minimum Gasteiger partial charge on any atom is -0.493 e. The van der Waals surface area contributed by atoms with Crippen molar-refractivity contribution in [2.75, 3.05) is 18.5 Å². The lowest BCUT2D eigenvalue weighted by Gasteiger charge is -2.14. The zero-order chi connectivity index (χ0) is 23.2. The number of ether oxygens (including phenoxy) is 1. The van der Waals surface area contributed by atoms with Gasteiger partial charge in [-0.1, -0.05) is 23.7 Å². The standard InChI is InChI=1S/C23H16ClF3N4O2/c24-16-3-1-13(2-4-16)19-20-15(10-28-22(30-20)29-12-23(25,26)27)11-31(21(19)32)17-5-6-18-14(9-17)7-8-33-18/h1-6,9-11H,7-8,12H2,(H,29,30). The van der Waals surface area contributed by atoms with Gasteiger partial charge < -0.3 is 10.1 Å². The van der Waals surface area contributed by atoms with E-state index < -0.39 is 12.7 Å². The summed E-state index contributed by atoms with van der Waals surface area (Å²) < 4.78 is 45.0. The molecule has 33 heavy (non-hydrogen) atoms. The average molecular weight is 473 g/mol. The number of rotatable bonds is 4. The molecule has 1 aliphatic heterocycles. The molecule has 0 fully saturated rings. The first-order valence-electron chi connectivity index (χ1n) is 10.0. The van der Waals surface area contributed by atoms with Gasteiger partial charge in [-0.25, -0.2) is 9.97 Å². The van der Waals surface area contributed by atoms with Crippen LogP contribution < -0.4 is 15.6 Å². The van der Waals surface area contributed by atoms with Crippen molar-refractivity contribution in [3.05, 3.63) is 75.8 Å². The van der Waals surface area contributed by atoms with Gasteiger partial charge in [-0.05, 0) is 41.5 Å². The highest BCUT2D eigenvalue weighted by molar-refractivity contribution is 6.30. The SMILES string of the molecule is O=c1c(-c2ccc(Cl)cc2)c2nc(NCC(F)(F)F)ncc2cn1-c1ccc2c(c1)CCO2. The molecule has 2 aromatic carbocycles. The van der Waals surface area contributed by atoms with Gasteiger partial charge in [-0.2, -0.15) is 13.2 Å². The van der Waals surface area contributed by atoms with Crippen LogP contribution in [0.5, 0.6) is 5.75 Å². The zero-order valence-electron chi connectivity index (χ0n) is 17.0. The molecular formula is C23H16ClF3N4O2. The molecule has 10 heteroatoms. The highest BCUT2D eigenvalue weighted by atomic mass is 35.5. The monoisotopic (exact) mass is 472 g/mol. The lowest BCUT2D eigenvalue weighted by molar-refractivity contribution is -0.115. The summed E-state index contributed by atoms with van der Waals surface area (Å²) in [6.45, 7) is -0.702. The fourth-order valence-electron chi connectivity index (χ4n) is 3.76. The Bertz CT molecular complexity index is 1420. The van der Waals surface area contributed by atoms with Crippen LogP contribution in [-0.4, -0.2) is 33.9 Å². The zero-order valence-corrected chi connectivity index (χ0v) is 17.7. The van der Waals surface area contributed by atoms with Crippen LogP contribution in [0.1, 0.15) is 5.56 Å². The average Bonchev–Trinajstić information content (AvgIpc) is 3.25. The third-order valence-corrected chi connectivity index (χ3v) is 5.54. The van der Waals surface area contributed by atoms with Crippen LogP contribution in [0.4, 0.5) is 19.1 Å². The van der Waals surface area contributed by atoms with E-state index in [9.17, 15) is 18.0 Å². The van der Waals surface area contributed by atoms with E-state index in [0.717, 1.165) is 17.7 Å². The largest absolute Gasteiger partial charge is 0.493 e. The van der Waals surface area contributed by atoms with Crippen molar-refractivity contribution in [1.82, 2.24) is 14.5 Å². The Labute approximate surface area is 190 Å². The third kappa shape index (κ3) is 4.23. The summed E-state index contributed by atoms with van der Waals surface area (Å²) in [4.78, 5) is 21.9. The molecule has 0 bridgehead atoms. The van der Waals surface area contributed by atoms with Gasteiger partial charge in [-0.3, -0.25) is 9.36 Å². The predicted molar refractivity (Wildman–Crippen MR) is 119 cm³/mol. The quantitative estimate of drug-likeness (QED) is 0.452. The highest BCUT2D eigenvalue weighted by Crippen LogP contribution is 2.30. The van der Waals surface area contributed by atoms with E-state index in [0.29, 0.717) is 28.3 Å². The fourth-order valence-corrected chi connectivity index (χ4v) is 3.89. The highest BCUT2D eigenvalue weighted by Gasteiger charge is 2.27. The van der Waals surface area contributed by atoms with Crippen LogP contribution in [0.3, 0.4) is 0 Å². The first kappa shape index (κ1) is 21.3. The van der Waals surface area contributed by atoms with Crippen molar-refractivity contribution in [2.45, 2.75) is 12.6 Å². The van der Waals surface area contributed by atoms with Crippen molar-refractivity contribution in [3.63, 3.8) is 0 Å². The molecule has 2 aromatic heterocycles. The van der Waals surface area contributed by atoms with Gasteiger partial charge in [-0.15, -0.1) is 0 Å². The first-order valence-corrected chi connectivity index (χ1v) is 10.4. The van der Waals surface area contributed by atoms with E-state index >= 15 is 0 Å². The van der Waals surface area contributed by atoms with Gasteiger partial charge in [0.15, 0.2) is 0 Å². The second kappa shape index (κ2) is 8.08. The van der Waals surface area contributed by atoms with Crippen molar-refractivity contribution in [2.24, 2.45) is 0 Å². The molecule has 0 amide bonds. The number of pyridine rings is 1. The van der Waals surface area contributed by atoms with E-state index in [4.69, 9.17) is 16.3 Å². The summed E-state index contributed by atoms with van der Waals surface area (Å²) in [5.41, 5.74) is 2.27. The molecule has 5 rings (SSSR count). The number of hydrogen-bond donors (Lipinski definition) is 1. The summed E-state index contributed by atoms with van der Waals surface area (Å²) in [5.74, 6) is 0.566. The van der Waals surface area contributed by atoms with Gasteiger partial charge in [0.2, 0.25) is 5.95 Å². The second-order valence-corrected chi connectivity index (χ2v) is 7.98. The number of anilines is 1. The molecule has 0 unspecified atom stereocenters. The van der Waals surface area contributed by atoms with Crippen LogP contribution in [0, 0.1) is 0 Å². The smallest absolute Gasteiger partial charge is 0.405 e. The lowest BCUT2D eigenvalue weighted by Crippen LogP contribution is -2.23. The number of nitrogens with one attached hydrogen (secondary N) is 1. The molecule has 4 aromatic rings. The molecule has 0 atom stereocenters. The Hall–Kier alpha value is -3.59. The number of fused-ring (bicyclic) bond motifs is 2. The summed E-state index contributed by atoms with van der Waals surface area (Å²) in [5, 5.41) is 3.15. The predicted octanol–water partition coefficient (Wildman–Crippen LogP) is 5.01. The van der Waals surface area contributed by atoms with Crippen LogP contribution in [0.15, 0.2) is 59.7 Å². The number of hydrogen-bond acceptors (Lipinski definition) is 5. The Balaban J connectivity index is 1.71. The normalized spacial score (nSPS) is 13.1. The van der Waals surface area contributed by atoms with Crippen molar-refractivity contribution in [1.29, 1.82) is 0 Å². The minimum absolute atomic E-state index is 0.220. The van der Waals surface area contributed by atoms with Crippen molar-refractivity contribution < 1.29 is 17.9 Å². The van der Waals surface area contributed by atoms with Crippen molar-refractivity contribution in [3.8, 4) is 22.6 Å². The summed E-state index contributed by atoms with van der Waals surface area (Å²) >= 11 is 6.01. The molecular weight excluding hydrogens is 457 g/mol. The number of aromatic nitrogens is 3. The summed E-state index contributed by atoms with van der Waals surface area (Å²) in [7, 11) is 0. The maximum absolute atomic E-state index is 13.6. The maximum atomic E-state index is 13.6. The van der Waals surface area contributed by atoms with E-state index in [2.05, 4.69) is 15.3 Å². The molecule has 3 heterocycles. The van der Waals surface area contributed by atoms with Gasteiger partial charge in [0.25, 0.3) is 5.56 Å². The van der Waals surface area contributed by atoms with E-state index in [-0.39, 0.29) is 22.6 Å². The van der Waals surface area contributed by atoms with Gasteiger partial charge in [0, 0.05) is 34.9 Å². The van der Waals surface area contributed by atoms with Gasteiger partial charge >= 0.3 is 6.18 Å². The van der Waals surface area contributed by atoms with E-state index in [1.165, 1.54) is 10.8 Å². The topological polar surface area (TPSA) is 69.0 Å². The third-order valence-electron chi connectivity index (χ3n) is 5.29. The number of alkyl halides is 3. The molecule has 1 aliphatic rings. The van der Waals surface area contributed by atoms with Gasteiger partial charge in [0.1, 0.15) is 12.3 Å². The number of nitrogens with zero attached hydrogens (tertiary/aromatic N) is 3. The Morgan fingerprint density at radius 2 is 1.94 bits per heavy atom. The molecule has 0 spiro atoms. The fraction of sp³-hybridized carbons (Fsp3) is 0.174. The van der Waals surface area contributed by atoms with Crippen LogP contribution >= 0.6 is 11.6 Å².